The van der Waals surface area contributed by atoms with E-state index in [9.17, 15) is 18.0 Å². The molecule has 0 saturated heterocycles. The van der Waals surface area contributed by atoms with Crippen LogP contribution in [0.2, 0.25) is 0 Å². The van der Waals surface area contributed by atoms with Crippen LogP contribution >= 0.6 is 0 Å². The molecule has 0 fully saturated rings. The van der Waals surface area contributed by atoms with E-state index in [1.54, 1.807) is 59.6 Å². The van der Waals surface area contributed by atoms with Crippen LogP contribution in [0.1, 0.15) is 17.3 Å². The van der Waals surface area contributed by atoms with Gasteiger partial charge in [0.2, 0.25) is 0 Å². The number of amides is 2. The highest BCUT2D eigenvalue weighted by Gasteiger charge is 2.25. The molecule has 33 heavy (non-hydrogen) atoms. The predicted octanol–water partition coefficient (Wildman–Crippen LogP) is 2.77. The minimum atomic E-state index is -3.45. The van der Waals surface area contributed by atoms with Crippen LogP contribution in [-0.2, 0) is 14.8 Å². The number of ether oxygens (including phenoxy) is 1. The summed E-state index contributed by atoms with van der Waals surface area (Å²) in [5.74, 6) is 0.288. The van der Waals surface area contributed by atoms with Crippen LogP contribution in [0, 0.1) is 0 Å². The number of nitrogens with zero attached hydrogens (tertiary/aromatic N) is 2. The summed E-state index contributed by atoms with van der Waals surface area (Å²) in [6.07, 6.45) is 4.59. The van der Waals surface area contributed by atoms with Crippen LogP contribution in [0.3, 0.4) is 0 Å². The van der Waals surface area contributed by atoms with Crippen molar-refractivity contribution in [3.05, 3.63) is 78.0 Å². The first-order chi connectivity index (χ1) is 15.8. The van der Waals surface area contributed by atoms with Gasteiger partial charge in [0.05, 0.1) is 17.9 Å². The van der Waals surface area contributed by atoms with Crippen molar-refractivity contribution in [1.29, 1.82) is 0 Å². The number of carbonyl (C=O) groups excluding carboxylic acids is 2. The highest BCUT2D eigenvalue weighted by atomic mass is 32.2. The molecule has 2 aliphatic heterocycles. The average molecular weight is 467 g/mol. The normalized spacial score (nSPS) is 16.2. The van der Waals surface area contributed by atoms with Crippen LogP contribution in [0.5, 0.6) is 5.75 Å². The van der Waals surface area contributed by atoms with E-state index in [0.29, 0.717) is 35.0 Å². The van der Waals surface area contributed by atoms with Crippen molar-refractivity contribution in [2.24, 2.45) is 4.40 Å². The number of nitrogens with one attached hydrogen (secondary N) is 2. The van der Waals surface area contributed by atoms with Gasteiger partial charge < -0.3 is 20.3 Å². The largest absolute Gasteiger partial charge is 0.494 e. The van der Waals surface area contributed by atoms with Gasteiger partial charge in [-0.3, -0.25) is 9.59 Å². The second-order valence-electron chi connectivity index (χ2n) is 7.29. The van der Waals surface area contributed by atoms with Gasteiger partial charge in [-0.15, -0.1) is 4.40 Å². The van der Waals surface area contributed by atoms with Crippen LogP contribution in [0.25, 0.3) is 0 Å². The van der Waals surface area contributed by atoms with E-state index in [4.69, 9.17) is 4.74 Å². The molecule has 170 valence electrons. The first kappa shape index (κ1) is 22.3. The number of hydrogen-bond acceptors (Lipinski definition) is 6. The summed E-state index contributed by atoms with van der Waals surface area (Å²) in [6, 6.07) is 13.6. The summed E-state index contributed by atoms with van der Waals surface area (Å²) in [5.41, 5.74) is 1.97. The van der Waals surface area contributed by atoms with Gasteiger partial charge >= 0.3 is 0 Å². The molecule has 2 heterocycles. The molecule has 2 N–H and O–H groups in total. The summed E-state index contributed by atoms with van der Waals surface area (Å²) in [6.45, 7) is 2.71. The lowest BCUT2D eigenvalue weighted by atomic mass is 10.1. The van der Waals surface area contributed by atoms with Gasteiger partial charge in [-0.1, -0.05) is 0 Å². The molecule has 4 rings (SSSR count). The van der Waals surface area contributed by atoms with Crippen LogP contribution in [-0.4, -0.2) is 49.9 Å². The Morgan fingerprint density at radius 3 is 2.27 bits per heavy atom. The van der Waals surface area contributed by atoms with Crippen LogP contribution in [0.15, 0.2) is 76.9 Å². The van der Waals surface area contributed by atoms with Crippen molar-refractivity contribution < 1.29 is 22.7 Å². The highest BCUT2D eigenvalue weighted by Crippen LogP contribution is 2.19. The molecule has 0 aromatic heterocycles. The first-order valence-corrected chi connectivity index (χ1v) is 11.9. The first-order valence-electron chi connectivity index (χ1n) is 10.3. The van der Waals surface area contributed by atoms with Crippen LogP contribution in [0.4, 0.5) is 11.4 Å². The lowest BCUT2D eigenvalue weighted by Gasteiger charge is -2.26. The number of benzene rings is 2. The Bertz CT molecular complexity index is 1260. The Labute approximate surface area is 191 Å². The second-order valence-corrected chi connectivity index (χ2v) is 9.04. The molecule has 0 radical (unpaired) electrons. The number of anilines is 2. The van der Waals surface area contributed by atoms with Crippen molar-refractivity contribution in [1.82, 2.24) is 4.90 Å². The number of hydrogen-bond donors (Lipinski definition) is 2. The third-order valence-electron chi connectivity index (χ3n) is 4.91. The summed E-state index contributed by atoms with van der Waals surface area (Å²) >= 11 is 0. The van der Waals surface area contributed by atoms with Crippen molar-refractivity contribution >= 4 is 39.0 Å². The third kappa shape index (κ3) is 5.47. The molecule has 10 heteroatoms. The summed E-state index contributed by atoms with van der Waals surface area (Å²) in [5, 5.41) is 5.58. The zero-order valence-electron chi connectivity index (χ0n) is 17.8. The molecule has 0 atom stereocenters. The van der Waals surface area contributed by atoms with E-state index in [-0.39, 0.29) is 24.1 Å². The Hall–Kier alpha value is -3.92. The van der Waals surface area contributed by atoms with Gasteiger partial charge in [-0.2, -0.15) is 0 Å². The molecule has 0 saturated carbocycles. The van der Waals surface area contributed by atoms with Crippen molar-refractivity contribution in [2.75, 3.05) is 29.5 Å². The fraction of sp³-hybridized carbons (Fsp3) is 0.174. The van der Waals surface area contributed by atoms with Gasteiger partial charge in [0, 0.05) is 29.7 Å². The maximum Gasteiger partial charge on any atom is 0.257 e. The monoisotopic (exact) mass is 466 g/mol. The Kier molecular flexibility index (Phi) is 6.27. The molecule has 0 spiro atoms. The van der Waals surface area contributed by atoms with E-state index in [0.717, 1.165) is 5.75 Å². The van der Waals surface area contributed by atoms with E-state index >= 15 is 0 Å². The molecule has 0 bridgehead atoms. The van der Waals surface area contributed by atoms with Crippen molar-refractivity contribution in [2.45, 2.75) is 6.92 Å². The summed E-state index contributed by atoms with van der Waals surface area (Å²) < 4.78 is 32.3. The summed E-state index contributed by atoms with van der Waals surface area (Å²) in [7, 11) is -3.45. The molecule has 0 aliphatic carbocycles. The lowest BCUT2D eigenvalue weighted by molar-refractivity contribution is -0.112. The number of fused-ring (bicyclic) bond motifs is 1. The number of rotatable bonds is 6. The molecule has 9 nitrogen and oxygen atoms in total. The maximum atomic E-state index is 12.6. The zero-order chi connectivity index (χ0) is 23.4. The number of amidine groups is 1. The molecule has 2 aromatic carbocycles. The van der Waals surface area contributed by atoms with E-state index in [1.165, 1.54) is 12.2 Å². The minimum absolute atomic E-state index is 0.101. The quantitative estimate of drug-likeness (QED) is 0.676. The molecule has 2 aromatic rings. The molecule has 0 unspecified atom stereocenters. The third-order valence-corrected chi connectivity index (χ3v) is 6.08. The van der Waals surface area contributed by atoms with Gasteiger partial charge in [0.1, 0.15) is 11.6 Å². The van der Waals surface area contributed by atoms with Crippen LogP contribution < -0.4 is 15.4 Å². The Morgan fingerprint density at radius 2 is 1.61 bits per heavy atom. The fourth-order valence-corrected chi connectivity index (χ4v) is 4.22. The van der Waals surface area contributed by atoms with E-state index in [1.807, 2.05) is 6.92 Å². The van der Waals surface area contributed by atoms with Crippen molar-refractivity contribution in [3.63, 3.8) is 0 Å². The molecule has 2 aliphatic rings. The van der Waals surface area contributed by atoms with Crippen molar-refractivity contribution in [3.8, 4) is 5.75 Å². The minimum Gasteiger partial charge on any atom is -0.494 e. The predicted molar refractivity (Wildman–Crippen MR) is 126 cm³/mol. The zero-order valence-corrected chi connectivity index (χ0v) is 18.6. The second kappa shape index (κ2) is 9.29. The molecular formula is C23H22N4O5S. The topological polar surface area (TPSA) is 117 Å². The lowest BCUT2D eigenvalue weighted by Crippen LogP contribution is -2.37. The van der Waals surface area contributed by atoms with Gasteiger partial charge in [0.15, 0.2) is 0 Å². The summed E-state index contributed by atoms with van der Waals surface area (Å²) in [4.78, 5) is 26.7. The maximum absolute atomic E-state index is 12.6. The Morgan fingerprint density at radius 1 is 0.970 bits per heavy atom. The van der Waals surface area contributed by atoms with E-state index in [2.05, 4.69) is 15.0 Å². The van der Waals surface area contributed by atoms with E-state index < -0.39 is 10.0 Å². The number of carbonyl (C=O) groups is 2. The van der Waals surface area contributed by atoms with Gasteiger partial charge in [-0.25, -0.2) is 8.42 Å². The average Bonchev–Trinajstić information content (AvgIpc) is 2.80. The Balaban J connectivity index is 1.36. The number of sulfonamides is 1. The van der Waals surface area contributed by atoms with Gasteiger partial charge in [0.25, 0.3) is 21.8 Å². The highest BCUT2D eigenvalue weighted by molar-refractivity contribution is 7.90. The fourth-order valence-electron chi connectivity index (χ4n) is 3.25. The molecular weight excluding hydrogens is 444 g/mol. The standard InChI is InChI=1S/C23H22N4O5S/c1-2-32-20-10-8-19(9-11-20)24-22(28)16-3-6-18(7-4-16)25-23(29)17-5-12-21-26-33(30,31)14-13-27(21)15-17/h3-12,15H,2,13-14H2,1H3,(H,24,28)(H,25,29). The molecule has 2 amide bonds. The SMILES string of the molecule is CCOc1ccc(NC(=O)c2ccc(NC(=O)C3=CN4CCS(=O)(=O)N=C4C=C3)cc2)cc1. The smallest absolute Gasteiger partial charge is 0.257 e. The van der Waals surface area contributed by atoms with Gasteiger partial charge in [-0.05, 0) is 67.6 Å².